The summed E-state index contributed by atoms with van der Waals surface area (Å²) in [7, 11) is 0. The topological polar surface area (TPSA) is 70.1 Å². The smallest absolute Gasteiger partial charge is 0.359 e. The SMILES string of the molecule is CCOC(=O)c1nn(C(C)(C)C)c(N)c1CC(C)C. The molecule has 1 aromatic heterocycles. The molecule has 0 spiro atoms. The number of aromatic nitrogens is 2. The summed E-state index contributed by atoms with van der Waals surface area (Å²) in [5.41, 5.74) is 7.05. The molecule has 0 aliphatic rings. The van der Waals surface area contributed by atoms with E-state index < -0.39 is 5.97 Å². The Hall–Kier alpha value is -1.52. The van der Waals surface area contributed by atoms with Crippen molar-refractivity contribution in [3.8, 4) is 0 Å². The summed E-state index contributed by atoms with van der Waals surface area (Å²) in [4.78, 5) is 12.0. The first-order chi connectivity index (χ1) is 8.68. The molecule has 0 fully saturated rings. The van der Waals surface area contributed by atoms with E-state index in [2.05, 4.69) is 18.9 Å². The van der Waals surface area contributed by atoms with Crippen LogP contribution in [0.2, 0.25) is 0 Å². The van der Waals surface area contributed by atoms with Crippen molar-refractivity contribution in [2.75, 3.05) is 12.3 Å². The van der Waals surface area contributed by atoms with Gasteiger partial charge in [-0.25, -0.2) is 9.48 Å². The molecule has 0 bridgehead atoms. The summed E-state index contributed by atoms with van der Waals surface area (Å²) in [6.45, 7) is 12.3. The molecule has 2 N–H and O–H groups in total. The van der Waals surface area contributed by atoms with Crippen LogP contribution in [-0.2, 0) is 16.7 Å². The van der Waals surface area contributed by atoms with Gasteiger partial charge in [0.05, 0.1) is 12.1 Å². The summed E-state index contributed by atoms with van der Waals surface area (Å²) in [5, 5.41) is 4.37. The third-order valence-corrected chi connectivity index (χ3v) is 2.74. The number of carbonyl (C=O) groups is 1. The second-order valence-electron chi connectivity index (χ2n) is 6.11. The van der Waals surface area contributed by atoms with Crippen molar-refractivity contribution in [1.29, 1.82) is 0 Å². The first-order valence-corrected chi connectivity index (χ1v) is 6.73. The Balaban J connectivity index is 3.31. The molecule has 1 aromatic rings. The van der Waals surface area contributed by atoms with Crippen molar-refractivity contribution in [3.63, 3.8) is 0 Å². The molecule has 0 saturated carbocycles. The van der Waals surface area contributed by atoms with E-state index in [1.54, 1.807) is 11.6 Å². The lowest BCUT2D eigenvalue weighted by Gasteiger charge is -2.21. The molecule has 0 radical (unpaired) electrons. The lowest BCUT2D eigenvalue weighted by molar-refractivity contribution is 0.0516. The Kier molecular flexibility index (Phi) is 4.61. The lowest BCUT2D eigenvalue weighted by atomic mass is 10.0. The minimum absolute atomic E-state index is 0.263. The Labute approximate surface area is 115 Å². The molecule has 19 heavy (non-hydrogen) atoms. The van der Waals surface area contributed by atoms with Crippen molar-refractivity contribution in [2.24, 2.45) is 5.92 Å². The average Bonchev–Trinajstić information content (AvgIpc) is 2.56. The van der Waals surface area contributed by atoms with Gasteiger partial charge in [-0.05, 0) is 40.0 Å². The number of esters is 1. The maximum atomic E-state index is 12.0. The summed E-state index contributed by atoms with van der Waals surface area (Å²) in [5.74, 6) is 0.560. The van der Waals surface area contributed by atoms with Gasteiger partial charge in [-0.1, -0.05) is 13.8 Å². The van der Waals surface area contributed by atoms with Gasteiger partial charge in [-0.15, -0.1) is 0 Å². The Bertz CT molecular complexity index is 456. The Morgan fingerprint density at radius 3 is 2.42 bits per heavy atom. The van der Waals surface area contributed by atoms with Gasteiger partial charge in [0, 0.05) is 5.56 Å². The Morgan fingerprint density at radius 1 is 1.42 bits per heavy atom. The van der Waals surface area contributed by atoms with Crippen molar-refractivity contribution in [1.82, 2.24) is 9.78 Å². The zero-order valence-electron chi connectivity index (χ0n) is 12.8. The minimum atomic E-state index is -0.396. The van der Waals surface area contributed by atoms with Gasteiger partial charge in [0.1, 0.15) is 5.82 Å². The first kappa shape index (κ1) is 15.5. The van der Waals surface area contributed by atoms with E-state index in [4.69, 9.17) is 10.5 Å². The number of anilines is 1. The second kappa shape index (κ2) is 5.63. The fourth-order valence-electron chi connectivity index (χ4n) is 1.95. The second-order valence-corrected chi connectivity index (χ2v) is 6.11. The van der Waals surface area contributed by atoms with Gasteiger partial charge in [0.15, 0.2) is 5.69 Å². The summed E-state index contributed by atoms with van der Waals surface area (Å²) < 4.78 is 6.77. The van der Waals surface area contributed by atoms with Crippen molar-refractivity contribution in [2.45, 2.75) is 53.5 Å². The third-order valence-electron chi connectivity index (χ3n) is 2.74. The fraction of sp³-hybridized carbons (Fsp3) is 0.714. The van der Waals surface area contributed by atoms with Gasteiger partial charge >= 0.3 is 5.97 Å². The first-order valence-electron chi connectivity index (χ1n) is 6.73. The zero-order chi connectivity index (χ0) is 14.8. The molecular formula is C14H25N3O2. The van der Waals surface area contributed by atoms with E-state index in [1.807, 2.05) is 20.8 Å². The van der Waals surface area contributed by atoms with Crippen LogP contribution in [0.3, 0.4) is 0 Å². The molecule has 108 valence electrons. The van der Waals surface area contributed by atoms with Crippen molar-refractivity contribution >= 4 is 11.8 Å². The predicted molar refractivity (Wildman–Crippen MR) is 76.1 cm³/mol. The van der Waals surface area contributed by atoms with Gasteiger partial charge in [0.25, 0.3) is 0 Å². The predicted octanol–water partition coefficient (Wildman–Crippen LogP) is 2.60. The summed E-state index contributed by atoms with van der Waals surface area (Å²) in [6, 6.07) is 0. The maximum absolute atomic E-state index is 12.0. The van der Waals surface area contributed by atoms with E-state index in [-0.39, 0.29) is 5.54 Å². The molecule has 5 heteroatoms. The van der Waals surface area contributed by atoms with Crippen LogP contribution in [0.5, 0.6) is 0 Å². The van der Waals surface area contributed by atoms with E-state index >= 15 is 0 Å². The van der Waals surface area contributed by atoms with Crippen molar-refractivity contribution < 1.29 is 9.53 Å². The standard InChI is InChI=1S/C14H25N3O2/c1-7-19-13(18)11-10(8-9(2)3)12(15)17(16-11)14(4,5)6/h9H,7-8,15H2,1-6H3. The summed E-state index contributed by atoms with van der Waals surface area (Å²) in [6.07, 6.45) is 0.718. The van der Waals surface area contributed by atoms with Gasteiger partial charge in [-0.2, -0.15) is 5.10 Å². The minimum Gasteiger partial charge on any atom is -0.461 e. The maximum Gasteiger partial charge on any atom is 0.359 e. The number of nitrogens with zero attached hydrogens (tertiary/aromatic N) is 2. The number of hydrogen-bond donors (Lipinski definition) is 1. The molecule has 5 nitrogen and oxygen atoms in total. The number of nitrogens with two attached hydrogens (primary N) is 1. The number of carbonyl (C=O) groups excluding carboxylic acids is 1. The zero-order valence-corrected chi connectivity index (χ0v) is 12.8. The van der Waals surface area contributed by atoms with E-state index in [0.29, 0.717) is 24.0 Å². The molecule has 1 heterocycles. The molecular weight excluding hydrogens is 242 g/mol. The van der Waals surface area contributed by atoms with E-state index in [0.717, 1.165) is 12.0 Å². The highest BCUT2D eigenvalue weighted by atomic mass is 16.5. The van der Waals surface area contributed by atoms with Crippen LogP contribution in [0.4, 0.5) is 5.82 Å². The monoisotopic (exact) mass is 267 g/mol. The highest BCUT2D eigenvalue weighted by Crippen LogP contribution is 2.27. The van der Waals surface area contributed by atoms with Crippen LogP contribution in [0.25, 0.3) is 0 Å². The van der Waals surface area contributed by atoms with Crippen LogP contribution in [0.1, 0.15) is 57.6 Å². The van der Waals surface area contributed by atoms with Crippen molar-refractivity contribution in [3.05, 3.63) is 11.3 Å². The number of nitrogen functional groups attached to an aromatic ring is 1. The van der Waals surface area contributed by atoms with Crippen LogP contribution >= 0.6 is 0 Å². The van der Waals surface area contributed by atoms with Crippen LogP contribution in [0, 0.1) is 5.92 Å². The third kappa shape index (κ3) is 3.49. The molecule has 0 aliphatic carbocycles. The molecule has 0 amide bonds. The lowest BCUT2D eigenvalue weighted by Crippen LogP contribution is -2.25. The Morgan fingerprint density at radius 2 is 2.00 bits per heavy atom. The van der Waals surface area contributed by atoms with E-state index in [9.17, 15) is 4.79 Å². The average molecular weight is 267 g/mol. The normalized spacial score (nSPS) is 11.9. The van der Waals surface area contributed by atoms with Crippen LogP contribution < -0.4 is 5.73 Å². The number of hydrogen-bond acceptors (Lipinski definition) is 4. The summed E-state index contributed by atoms with van der Waals surface area (Å²) >= 11 is 0. The van der Waals surface area contributed by atoms with E-state index in [1.165, 1.54) is 0 Å². The van der Waals surface area contributed by atoms with Gasteiger partial charge in [-0.3, -0.25) is 0 Å². The highest BCUT2D eigenvalue weighted by molar-refractivity contribution is 5.90. The molecule has 0 atom stereocenters. The van der Waals surface area contributed by atoms with Gasteiger partial charge in [0.2, 0.25) is 0 Å². The van der Waals surface area contributed by atoms with Gasteiger partial charge < -0.3 is 10.5 Å². The molecule has 0 aliphatic heterocycles. The molecule has 0 unspecified atom stereocenters. The van der Waals surface area contributed by atoms with Crippen LogP contribution in [0.15, 0.2) is 0 Å². The van der Waals surface area contributed by atoms with Crippen LogP contribution in [-0.4, -0.2) is 22.4 Å². The largest absolute Gasteiger partial charge is 0.461 e. The number of rotatable bonds is 4. The number of ether oxygens (including phenoxy) is 1. The quantitative estimate of drug-likeness (QED) is 0.851. The molecule has 0 aromatic carbocycles. The highest BCUT2D eigenvalue weighted by Gasteiger charge is 2.27. The molecule has 1 rings (SSSR count). The molecule has 0 saturated heterocycles. The fourth-order valence-corrected chi connectivity index (χ4v) is 1.95.